The first-order chi connectivity index (χ1) is 48.5. The van der Waals surface area contributed by atoms with Crippen LogP contribution in [0.25, 0.3) is 0 Å². The van der Waals surface area contributed by atoms with Gasteiger partial charge in [0.25, 0.3) is 5.79 Å². The van der Waals surface area contributed by atoms with Crippen LogP contribution in [0.3, 0.4) is 0 Å². The lowest BCUT2D eigenvalue weighted by Crippen LogP contribution is -2.72. The van der Waals surface area contributed by atoms with Crippen molar-refractivity contribution in [3.8, 4) is 0 Å². The highest BCUT2D eigenvalue weighted by Gasteiger charge is 2.63. The minimum atomic E-state index is -3.33. The Morgan fingerprint density at radius 2 is 0.796 bits per heavy atom. The molecular formula is C57H95N3O43. The van der Waals surface area contributed by atoms with E-state index in [2.05, 4.69) is 16.0 Å². The smallest absolute Gasteiger partial charge is 0.364 e. The third kappa shape index (κ3) is 18.3. The van der Waals surface area contributed by atoms with Gasteiger partial charge in [-0.1, -0.05) is 0 Å². The van der Waals surface area contributed by atoms with Gasteiger partial charge in [-0.2, -0.15) is 0 Å². The molecule has 8 fully saturated rings. The molecule has 0 aromatic heterocycles. The van der Waals surface area contributed by atoms with Crippen molar-refractivity contribution >= 4 is 23.7 Å². The lowest BCUT2D eigenvalue weighted by Gasteiger charge is -2.52. The Morgan fingerprint density at radius 3 is 1.33 bits per heavy atom. The van der Waals surface area contributed by atoms with Crippen molar-refractivity contribution in [1.82, 2.24) is 16.0 Å². The number of hydrogen-bond donors (Lipinski definition) is 27. The summed E-state index contributed by atoms with van der Waals surface area (Å²) in [5, 5.41) is 272. The summed E-state index contributed by atoms with van der Waals surface area (Å²) in [6, 6.07) is -5.65. The number of ether oxygens (including phenoxy) is 15. The molecule has 0 aromatic carbocycles. The van der Waals surface area contributed by atoms with Crippen LogP contribution in [0.1, 0.15) is 34.1 Å². The summed E-state index contributed by atoms with van der Waals surface area (Å²) in [5.41, 5.74) is 0. The van der Waals surface area contributed by atoms with Gasteiger partial charge in [-0.15, -0.1) is 0 Å². The number of amides is 3. The number of rotatable bonds is 27. The molecule has 8 rings (SSSR count). The van der Waals surface area contributed by atoms with Gasteiger partial charge in [0.15, 0.2) is 44.0 Å². The molecule has 103 heavy (non-hydrogen) atoms. The molecular weight excluding hydrogens is 1410 g/mol. The Bertz CT molecular complexity index is 2730. The first-order valence-electron chi connectivity index (χ1n) is 32.6. The van der Waals surface area contributed by atoms with Crippen LogP contribution in [0.15, 0.2) is 0 Å². The normalized spacial score (nSPS) is 48.3. The highest BCUT2D eigenvalue weighted by atomic mass is 16.8. The minimum absolute atomic E-state index is 0.869. The zero-order chi connectivity index (χ0) is 76.3. The van der Waals surface area contributed by atoms with E-state index in [9.17, 15) is 142 Å². The van der Waals surface area contributed by atoms with Crippen LogP contribution in [0.5, 0.6) is 0 Å². The van der Waals surface area contributed by atoms with E-state index in [0.717, 1.165) is 20.8 Å². The van der Waals surface area contributed by atoms with Crippen LogP contribution < -0.4 is 16.0 Å². The molecule has 41 atom stereocenters. The van der Waals surface area contributed by atoms with E-state index in [1.807, 2.05) is 0 Å². The highest BCUT2D eigenvalue weighted by molar-refractivity contribution is 5.77. The number of aliphatic hydroxyl groups excluding tert-OH is 23. The van der Waals surface area contributed by atoms with E-state index in [1.54, 1.807) is 0 Å². The van der Waals surface area contributed by atoms with Crippen molar-refractivity contribution in [2.24, 2.45) is 0 Å². The first kappa shape index (κ1) is 85.0. The second kappa shape index (κ2) is 36.3. The summed E-state index contributed by atoms with van der Waals surface area (Å²) in [5.74, 6) is -8.29. The number of carbonyl (C=O) groups is 4. The molecule has 0 saturated carbocycles. The summed E-state index contributed by atoms with van der Waals surface area (Å²) >= 11 is 0. The predicted molar refractivity (Wildman–Crippen MR) is 315 cm³/mol. The Balaban J connectivity index is 1.16. The number of hydrogen-bond acceptors (Lipinski definition) is 42. The van der Waals surface area contributed by atoms with E-state index < -0.39 is 327 Å². The minimum Gasteiger partial charge on any atom is -0.477 e. The number of aliphatic carboxylic acids is 1. The number of carboxylic acids is 1. The van der Waals surface area contributed by atoms with Crippen LogP contribution in [-0.2, 0) is 90.2 Å². The van der Waals surface area contributed by atoms with E-state index in [0.29, 0.717) is 0 Å². The highest BCUT2D eigenvalue weighted by Crippen LogP contribution is 2.42. The van der Waals surface area contributed by atoms with E-state index in [1.165, 1.54) is 6.92 Å². The molecule has 8 aliphatic rings. The van der Waals surface area contributed by atoms with E-state index in [-0.39, 0.29) is 0 Å². The van der Waals surface area contributed by atoms with Crippen molar-refractivity contribution in [2.45, 2.75) is 285 Å². The maximum absolute atomic E-state index is 13.5. The molecule has 8 aliphatic heterocycles. The standard InChI is InChI=1S/C57H95N3O43/c1-13-28(73)34(79)37(82)52(89-13)99-45-27(60-16(4)70)51(94-23(11-66)42(45)98-54-39(84)47(32(77)21(9-64)93-54)103-57(56(87)88)5-17(71)25(58-14(2)68)44(102-57)29(74)18(72)6-61)100-46-31(76)20(8-63)92-53(38(46)83)101-48-40(85)55(96-41-22(10-65)90-49(86)36(81)35(41)80)95-24(12-67)43(48)97-50-26(59-15(3)69)33(78)30(75)19(7-62)91-50/h13,17-55,61-67,71-86H,5-12H2,1-4H3,(H,58,68)(H,59,69)(H,60,70)(H,87,88)/t13-,17-,18+,19+,20+,21+,22+,23+,24+,25+,26+,27+,28+,29+,30+,31-,32-,33+,34+,35+,36+,37-,38+,39+,40+,41+,42+,43-,44+,45+,46-,47-,48+,49+,50-,51-,52-,53+,54-,55-,57-/m0/s1. The number of carbonyl (C=O) groups excluding carboxylic acids is 3. The molecule has 3 amide bonds. The quantitative estimate of drug-likeness (QED) is 0.0363. The van der Waals surface area contributed by atoms with Crippen LogP contribution in [0, 0.1) is 0 Å². The molecule has 0 radical (unpaired) electrons. The molecule has 0 bridgehead atoms. The lowest BCUT2D eigenvalue weighted by molar-refractivity contribution is -0.405. The average molecular weight is 1510 g/mol. The lowest BCUT2D eigenvalue weighted by atomic mass is 9.88. The molecule has 8 heterocycles. The van der Waals surface area contributed by atoms with Crippen LogP contribution in [0.2, 0.25) is 0 Å². The summed E-state index contributed by atoms with van der Waals surface area (Å²) in [6.07, 6.45) is -80.8. The molecule has 0 spiro atoms. The van der Waals surface area contributed by atoms with Gasteiger partial charge in [0.2, 0.25) is 17.7 Å². The molecule has 0 aromatic rings. The van der Waals surface area contributed by atoms with Gasteiger partial charge in [-0.05, 0) is 6.92 Å². The van der Waals surface area contributed by atoms with Crippen molar-refractivity contribution < 1.29 is 213 Å². The van der Waals surface area contributed by atoms with Crippen LogP contribution in [-0.4, -0.2) is 444 Å². The fraction of sp³-hybridized carbons (Fsp3) is 0.930. The molecule has 8 saturated heterocycles. The number of aliphatic hydroxyl groups is 23. The summed E-state index contributed by atoms with van der Waals surface area (Å²) in [4.78, 5) is 51.6. The number of nitrogens with one attached hydrogen (secondary N) is 3. The van der Waals surface area contributed by atoms with Crippen molar-refractivity contribution in [3.05, 3.63) is 0 Å². The first-order valence-corrected chi connectivity index (χ1v) is 32.6. The van der Waals surface area contributed by atoms with E-state index >= 15 is 0 Å². The van der Waals surface area contributed by atoms with Gasteiger partial charge in [-0.25, -0.2) is 4.79 Å². The van der Waals surface area contributed by atoms with Gasteiger partial charge in [0.05, 0.1) is 64.5 Å². The fourth-order valence-electron chi connectivity index (χ4n) is 13.3. The Kier molecular flexibility index (Phi) is 29.9. The van der Waals surface area contributed by atoms with E-state index in [4.69, 9.17) is 71.1 Å². The van der Waals surface area contributed by atoms with Gasteiger partial charge in [0.1, 0.15) is 183 Å². The predicted octanol–water partition coefficient (Wildman–Crippen LogP) is -17.8. The molecule has 0 aliphatic carbocycles. The number of carboxylic acid groups (broad SMARTS) is 1. The van der Waals surface area contributed by atoms with Gasteiger partial charge in [-0.3, -0.25) is 14.4 Å². The zero-order valence-corrected chi connectivity index (χ0v) is 55.2. The SMILES string of the molecule is CC(=O)N[C@H]1[C@H](O[C@@H]2[C@H](O[C@H]3O[C@H](CO)[C@H](O)[C@H](O[C@@H]4O[C@H](CO)[C@@H](O[C@@H]5O[C@H](CO)[C@H](O)[C@H](O[C@]6(C(=O)O)C[C@H](O)[C@@H](NC(C)=O)[C@H]([C@H](O)[C@H](O)CO)O6)[C@H]5O)[C@H](O[C@@H]5O[C@@H](C)[C@@H](O)[C@@H](O)[C@@H]5O)[C@H]4NC(C)=O)[C@H]3O)[C@@H](O)[C@H](O[C@H]3[C@H](O)[C@@H](O)[C@H](O)O[C@@H]3CO)O[C@@H]2CO)O[C@H](CO)[C@@H](O)[C@@H]1O. The molecule has 0 unspecified atom stereocenters. The Labute approximate surface area is 582 Å². The molecule has 596 valence electrons. The largest absolute Gasteiger partial charge is 0.477 e. The van der Waals surface area contributed by atoms with Crippen LogP contribution >= 0.6 is 0 Å². The third-order valence-electron chi connectivity index (χ3n) is 18.8. The Hall–Kier alpha value is -3.64. The average Bonchev–Trinajstić information content (AvgIpc) is 0.756. The van der Waals surface area contributed by atoms with Gasteiger partial charge in [0, 0.05) is 27.2 Å². The topological polar surface area (TPSA) is 728 Å². The molecule has 27 N–H and O–H groups in total. The maximum Gasteiger partial charge on any atom is 0.364 e. The summed E-state index contributed by atoms with van der Waals surface area (Å²) in [7, 11) is 0. The maximum atomic E-state index is 13.5. The summed E-state index contributed by atoms with van der Waals surface area (Å²) in [6.45, 7) is -4.24. The van der Waals surface area contributed by atoms with Gasteiger partial charge >= 0.3 is 5.97 Å². The second-order valence-electron chi connectivity index (χ2n) is 26.0. The van der Waals surface area contributed by atoms with Crippen molar-refractivity contribution in [1.29, 1.82) is 0 Å². The molecule has 46 heteroatoms. The Morgan fingerprint density at radius 1 is 0.398 bits per heavy atom. The molecule has 46 nitrogen and oxygen atoms in total. The van der Waals surface area contributed by atoms with Gasteiger partial charge < -0.3 is 210 Å². The fourth-order valence-corrected chi connectivity index (χ4v) is 13.3. The third-order valence-corrected chi connectivity index (χ3v) is 18.8. The van der Waals surface area contributed by atoms with Crippen LogP contribution in [0.4, 0.5) is 0 Å². The second-order valence-corrected chi connectivity index (χ2v) is 26.0. The van der Waals surface area contributed by atoms with Crippen molar-refractivity contribution in [2.75, 3.05) is 46.2 Å². The zero-order valence-electron chi connectivity index (χ0n) is 55.2. The monoisotopic (exact) mass is 1510 g/mol. The summed E-state index contributed by atoms with van der Waals surface area (Å²) < 4.78 is 88.8. The van der Waals surface area contributed by atoms with Crippen molar-refractivity contribution in [3.63, 3.8) is 0 Å².